The van der Waals surface area contributed by atoms with Crippen LogP contribution in [0.2, 0.25) is 0 Å². The molecule has 1 saturated heterocycles. The lowest BCUT2D eigenvalue weighted by molar-refractivity contribution is -0.138. The monoisotopic (exact) mass is 251 g/mol. The maximum absolute atomic E-state index is 12.2. The SMILES string of the molecule is CC1(C)C(=O)CCN1C(=O)CCCC1CCCC1. The van der Waals surface area contributed by atoms with Crippen molar-refractivity contribution < 1.29 is 9.59 Å². The van der Waals surface area contributed by atoms with Gasteiger partial charge in [0.25, 0.3) is 0 Å². The van der Waals surface area contributed by atoms with Crippen LogP contribution in [0.1, 0.15) is 65.2 Å². The second-order valence-electron chi connectivity index (χ2n) is 6.32. The molecule has 0 aromatic carbocycles. The van der Waals surface area contributed by atoms with Crippen molar-refractivity contribution in [3.63, 3.8) is 0 Å². The molecule has 1 aliphatic heterocycles. The maximum atomic E-state index is 12.2. The molecule has 3 nitrogen and oxygen atoms in total. The van der Waals surface area contributed by atoms with Crippen LogP contribution in [0.25, 0.3) is 0 Å². The normalized spacial score (nSPS) is 23.9. The van der Waals surface area contributed by atoms with Crippen LogP contribution < -0.4 is 0 Å². The second kappa shape index (κ2) is 5.41. The first kappa shape index (κ1) is 13.6. The summed E-state index contributed by atoms with van der Waals surface area (Å²) in [6.45, 7) is 4.36. The summed E-state index contributed by atoms with van der Waals surface area (Å²) in [7, 11) is 0. The Morgan fingerprint density at radius 3 is 2.56 bits per heavy atom. The highest BCUT2D eigenvalue weighted by molar-refractivity contribution is 5.95. The predicted octanol–water partition coefficient (Wildman–Crippen LogP) is 2.93. The van der Waals surface area contributed by atoms with Gasteiger partial charge in [-0.15, -0.1) is 0 Å². The van der Waals surface area contributed by atoms with Crippen LogP contribution in [0.3, 0.4) is 0 Å². The van der Waals surface area contributed by atoms with E-state index >= 15 is 0 Å². The van der Waals surface area contributed by atoms with E-state index in [9.17, 15) is 9.59 Å². The molecule has 0 N–H and O–H groups in total. The number of amides is 1. The fourth-order valence-electron chi connectivity index (χ4n) is 3.36. The number of likely N-dealkylation sites (tertiary alicyclic amines) is 1. The van der Waals surface area contributed by atoms with E-state index in [1.165, 1.54) is 32.1 Å². The smallest absolute Gasteiger partial charge is 0.223 e. The van der Waals surface area contributed by atoms with E-state index in [1.807, 2.05) is 13.8 Å². The van der Waals surface area contributed by atoms with E-state index in [0.29, 0.717) is 19.4 Å². The van der Waals surface area contributed by atoms with Crippen molar-refractivity contribution in [3.05, 3.63) is 0 Å². The Labute approximate surface area is 110 Å². The van der Waals surface area contributed by atoms with E-state index in [4.69, 9.17) is 0 Å². The van der Waals surface area contributed by atoms with Gasteiger partial charge in [-0.25, -0.2) is 0 Å². The third kappa shape index (κ3) is 2.76. The van der Waals surface area contributed by atoms with Crippen molar-refractivity contribution in [2.24, 2.45) is 5.92 Å². The van der Waals surface area contributed by atoms with Gasteiger partial charge >= 0.3 is 0 Å². The Bertz CT molecular complexity index is 329. The summed E-state index contributed by atoms with van der Waals surface area (Å²) >= 11 is 0. The molecule has 0 atom stereocenters. The molecule has 102 valence electrons. The molecule has 3 heteroatoms. The number of rotatable bonds is 4. The average molecular weight is 251 g/mol. The first-order valence-electron chi connectivity index (χ1n) is 7.35. The average Bonchev–Trinajstić information content (AvgIpc) is 2.89. The Morgan fingerprint density at radius 2 is 2.00 bits per heavy atom. The molecule has 2 fully saturated rings. The highest BCUT2D eigenvalue weighted by Crippen LogP contribution is 2.30. The van der Waals surface area contributed by atoms with E-state index in [0.717, 1.165) is 12.3 Å². The minimum atomic E-state index is -0.565. The summed E-state index contributed by atoms with van der Waals surface area (Å²) in [5, 5.41) is 0. The zero-order chi connectivity index (χ0) is 13.2. The van der Waals surface area contributed by atoms with Gasteiger partial charge in [0.2, 0.25) is 5.91 Å². The summed E-state index contributed by atoms with van der Waals surface area (Å²) in [6, 6.07) is 0. The first-order valence-corrected chi connectivity index (χ1v) is 7.35. The van der Waals surface area contributed by atoms with Crippen LogP contribution in [0.5, 0.6) is 0 Å². The highest BCUT2D eigenvalue weighted by atomic mass is 16.2. The van der Waals surface area contributed by atoms with Crippen LogP contribution in [0.4, 0.5) is 0 Å². The van der Waals surface area contributed by atoms with Crippen LogP contribution in [-0.2, 0) is 9.59 Å². The van der Waals surface area contributed by atoms with Crippen LogP contribution >= 0.6 is 0 Å². The van der Waals surface area contributed by atoms with Gasteiger partial charge in [-0.05, 0) is 32.6 Å². The lowest BCUT2D eigenvalue weighted by atomic mass is 9.98. The third-order valence-corrected chi connectivity index (χ3v) is 4.70. The van der Waals surface area contributed by atoms with Gasteiger partial charge in [-0.3, -0.25) is 9.59 Å². The molecule has 0 bridgehead atoms. The molecule has 0 unspecified atom stereocenters. The summed E-state index contributed by atoms with van der Waals surface area (Å²) in [6.07, 6.45) is 8.76. The van der Waals surface area contributed by atoms with Gasteiger partial charge < -0.3 is 4.90 Å². The van der Waals surface area contributed by atoms with Crippen molar-refractivity contribution in [1.82, 2.24) is 4.90 Å². The molecule has 1 saturated carbocycles. The maximum Gasteiger partial charge on any atom is 0.223 e. The largest absolute Gasteiger partial charge is 0.330 e. The summed E-state index contributed by atoms with van der Waals surface area (Å²) in [4.78, 5) is 25.6. The molecule has 18 heavy (non-hydrogen) atoms. The van der Waals surface area contributed by atoms with Crippen molar-refractivity contribution in [1.29, 1.82) is 0 Å². The lowest BCUT2D eigenvalue weighted by Gasteiger charge is -2.30. The molecule has 0 radical (unpaired) electrons. The minimum absolute atomic E-state index is 0.170. The molecule has 2 aliphatic rings. The topological polar surface area (TPSA) is 37.4 Å². The van der Waals surface area contributed by atoms with E-state index in [1.54, 1.807) is 4.90 Å². The molecule has 2 rings (SSSR count). The molecule has 0 aromatic rings. The molecule has 0 spiro atoms. The number of Topliss-reactive ketones (excluding diaryl/α,β-unsaturated/α-hetero) is 1. The zero-order valence-corrected chi connectivity index (χ0v) is 11.7. The second-order valence-corrected chi connectivity index (χ2v) is 6.32. The summed E-state index contributed by atoms with van der Waals surface area (Å²) in [5.41, 5.74) is -0.565. The Hall–Kier alpha value is -0.860. The Kier molecular flexibility index (Phi) is 4.08. The van der Waals surface area contributed by atoms with Crippen molar-refractivity contribution in [3.8, 4) is 0 Å². The van der Waals surface area contributed by atoms with Crippen LogP contribution in [0.15, 0.2) is 0 Å². The molecular weight excluding hydrogens is 226 g/mol. The van der Waals surface area contributed by atoms with Gasteiger partial charge in [0.1, 0.15) is 0 Å². The van der Waals surface area contributed by atoms with Crippen molar-refractivity contribution in [2.45, 2.75) is 70.8 Å². The van der Waals surface area contributed by atoms with Gasteiger partial charge in [0.15, 0.2) is 5.78 Å². The number of carbonyl (C=O) groups excluding carboxylic acids is 2. The van der Waals surface area contributed by atoms with Crippen LogP contribution in [-0.4, -0.2) is 28.7 Å². The number of hydrogen-bond acceptors (Lipinski definition) is 2. The minimum Gasteiger partial charge on any atom is -0.330 e. The standard InChI is InChI=1S/C15H25NO2/c1-15(2)13(17)10-11-16(15)14(18)9-5-8-12-6-3-4-7-12/h12H,3-11H2,1-2H3. The van der Waals surface area contributed by atoms with Crippen LogP contribution in [0, 0.1) is 5.92 Å². The summed E-state index contributed by atoms with van der Waals surface area (Å²) < 4.78 is 0. The van der Waals surface area contributed by atoms with Crippen molar-refractivity contribution in [2.75, 3.05) is 6.54 Å². The number of nitrogens with zero attached hydrogens (tertiary/aromatic N) is 1. The molecule has 1 heterocycles. The molecule has 1 aliphatic carbocycles. The van der Waals surface area contributed by atoms with Crippen molar-refractivity contribution >= 4 is 11.7 Å². The molecule has 1 amide bonds. The van der Waals surface area contributed by atoms with Gasteiger partial charge in [-0.1, -0.05) is 25.7 Å². The van der Waals surface area contributed by atoms with Gasteiger partial charge in [0.05, 0.1) is 5.54 Å². The number of hydrogen-bond donors (Lipinski definition) is 0. The fraction of sp³-hybridized carbons (Fsp3) is 0.867. The first-order chi connectivity index (χ1) is 8.51. The third-order valence-electron chi connectivity index (χ3n) is 4.70. The number of ketones is 1. The van der Waals surface area contributed by atoms with E-state index < -0.39 is 5.54 Å². The van der Waals surface area contributed by atoms with E-state index in [-0.39, 0.29) is 11.7 Å². The zero-order valence-electron chi connectivity index (χ0n) is 11.7. The molecule has 0 aromatic heterocycles. The predicted molar refractivity (Wildman–Crippen MR) is 71.2 cm³/mol. The lowest BCUT2D eigenvalue weighted by Crippen LogP contribution is -2.46. The molecular formula is C15H25NO2. The number of carbonyl (C=O) groups is 2. The fourth-order valence-corrected chi connectivity index (χ4v) is 3.36. The van der Waals surface area contributed by atoms with E-state index in [2.05, 4.69) is 0 Å². The van der Waals surface area contributed by atoms with Gasteiger partial charge in [-0.2, -0.15) is 0 Å². The Morgan fingerprint density at radius 1 is 1.33 bits per heavy atom. The highest BCUT2D eigenvalue weighted by Gasteiger charge is 2.42. The Balaban J connectivity index is 1.76. The summed E-state index contributed by atoms with van der Waals surface area (Å²) in [5.74, 6) is 1.22. The quantitative estimate of drug-likeness (QED) is 0.770. The van der Waals surface area contributed by atoms with Gasteiger partial charge in [0, 0.05) is 19.4 Å².